The predicted molar refractivity (Wildman–Crippen MR) is 142 cm³/mol. The van der Waals surface area contributed by atoms with Gasteiger partial charge in [-0.25, -0.2) is 9.97 Å². The molecule has 2 aromatic heterocycles. The Kier molecular flexibility index (Phi) is 6.79. The molecule has 0 bridgehead atoms. The molecule has 3 saturated heterocycles. The zero-order valence-electron chi connectivity index (χ0n) is 20.9. The fourth-order valence-electron chi connectivity index (χ4n) is 5.80. The molecule has 5 heterocycles. The van der Waals surface area contributed by atoms with E-state index in [0.29, 0.717) is 12.6 Å². The molecule has 0 saturated carbocycles. The molecular weight excluding hydrogens is 454 g/mol. The fourth-order valence-corrected chi connectivity index (χ4v) is 5.80. The second-order valence-electron chi connectivity index (χ2n) is 10.4. The van der Waals surface area contributed by atoms with Gasteiger partial charge in [0.25, 0.3) is 0 Å². The molecule has 6 rings (SSSR count). The molecule has 0 spiro atoms. The first-order valence-corrected chi connectivity index (χ1v) is 13.3. The molecule has 3 aliphatic rings. The number of benzene rings is 1. The molecule has 0 unspecified atom stereocenters. The summed E-state index contributed by atoms with van der Waals surface area (Å²) < 4.78 is 5.49. The summed E-state index contributed by atoms with van der Waals surface area (Å²) in [5, 5.41) is 19.1. The van der Waals surface area contributed by atoms with E-state index in [0.717, 1.165) is 99.1 Å². The number of hydrogen-bond donors (Lipinski definition) is 4. The van der Waals surface area contributed by atoms with E-state index >= 15 is 0 Å². The van der Waals surface area contributed by atoms with E-state index in [9.17, 15) is 5.11 Å². The van der Waals surface area contributed by atoms with Gasteiger partial charge in [0.2, 0.25) is 0 Å². The Morgan fingerprint density at radius 1 is 1.03 bits per heavy atom. The van der Waals surface area contributed by atoms with E-state index in [1.165, 1.54) is 12.8 Å². The van der Waals surface area contributed by atoms with Crippen LogP contribution < -0.4 is 15.5 Å². The van der Waals surface area contributed by atoms with Gasteiger partial charge in [-0.2, -0.15) is 0 Å². The van der Waals surface area contributed by atoms with Crippen molar-refractivity contribution in [2.75, 3.05) is 69.2 Å². The van der Waals surface area contributed by atoms with Crippen LogP contribution in [0, 0.1) is 0 Å². The van der Waals surface area contributed by atoms with E-state index in [2.05, 4.69) is 65.7 Å². The molecule has 0 radical (unpaired) electrons. The van der Waals surface area contributed by atoms with Gasteiger partial charge in [0.05, 0.1) is 24.2 Å². The Morgan fingerprint density at radius 3 is 2.53 bits per heavy atom. The van der Waals surface area contributed by atoms with Gasteiger partial charge in [-0.3, -0.25) is 0 Å². The van der Waals surface area contributed by atoms with Crippen LogP contribution >= 0.6 is 0 Å². The van der Waals surface area contributed by atoms with Crippen LogP contribution in [0.25, 0.3) is 22.3 Å². The van der Waals surface area contributed by atoms with E-state index in [1.807, 2.05) is 0 Å². The number of aromatic amines is 1. The Bertz CT molecular complexity index is 1140. The molecular formula is C27H37N7O2. The molecule has 3 aromatic rings. The maximum atomic E-state index is 11.2. The number of aliphatic hydroxyl groups is 1. The smallest absolute Gasteiger partial charge is 0.143 e. The van der Waals surface area contributed by atoms with Crippen LogP contribution in [0.4, 0.5) is 11.5 Å². The highest BCUT2D eigenvalue weighted by molar-refractivity contribution is 5.92. The minimum atomic E-state index is -0.645. The van der Waals surface area contributed by atoms with Gasteiger partial charge >= 0.3 is 0 Å². The van der Waals surface area contributed by atoms with Crippen LogP contribution in [0.15, 0.2) is 36.7 Å². The summed E-state index contributed by atoms with van der Waals surface area (Å²) in [5.41, 5.74) is 3.35. The summed E-state index contributed by atoms with van der Waals surface area (Å²) in [6.07, 6.45) is 5.72. The van der Waals surface area contributed by atoms with Crippen molar-refractivity contribution < 1.29 is 9.84 Å². The van der Waals surface area contributed by atoms with Crippen LogP contribution in [0.3, 0.4) is 0 Å². The van der Waals surface area contributed by atoms with Crippen LogP contribution in [0.1, 0.15) is 25.7 Å². The minimum absolute atomic E-state index is 0.581. The number of morpholine rings is 1. The highest BCUT2D eigenvalue weighted by atomic mass is 16.5. The van der Waals surface area contributed by atoms with Gasteiger partial charge < -0.3 is 35.3 Å². The maximum Gasteiger partial charge on any atom is 0.143 e. The van der Waals surface area contributed by atoms with Gasteiger partial charge in [0, 0.05) is 50.1 Å². The number of likely N-dealkylation sites (tertiary alicyclic amines) is 1. The number of hydrogen-bond acceptors (Lipinski definition) is 8. The first-order valence-electron chi connectivity index (χ1n) is 13.3. The third-order valence-corrected chi connectivity index (χ3v) is 8.09. The first kappa shape index (κ1) is 23.7. The van der Waals surface area contributed by atoms with Crippen molar-refractivity contribution in [1.29, 1.82) is 0 Å². The number of nitrogens with zero attached hydrogens (tertiary/aromatic N) is 4. The highest BCUT2D eigenvalue weighted by Crippen LogP contribution is 2.30. The Labute approximate surface area is 212 Å². The molecule has 0 amide bonds. The van der Waals surface area contributed by atoms with Crippen molar-refractivity contribution in [2.45, 2.75) is 37.3 Å². The predicted octanol–water partition coefficient (Wildman–Crippen LogP) is 2.45. The fraction of sp³-hybridized carbons (Fsp3) is 0.556. The van der Waals surface area contributed by atoms with Crippen LogP contribution in [-0.2, 0) is 4.74 Å². The van der Waals surface area contributed by atoms with E-state index in [4.69, 9.17) is 4.74 Å². The third kappa shape index (κ3) is 5.06. The average molecular weight is 492 g/mol. The number of ether oxygens (including phenoxy) is 1. The molecule has 9 heteroatoms. The maximum absolute atomic E-state index is 11.2. The molecule has 36 heavy (non-hydrogen) atoms. The SMILES string of the molecule is OC1(CNc2ccc(-c3cc4c(N5CCOCC5)ncnc4[nH]3)cc2)CCN(C2CCNCC2)CC1. The van der Waals surface area contributed by atoms with Crippen molar-refractivity contribution in [3.8, 4) is 11.3 Å². The Morgan fingerprint density at radius 2 is 1.78 bits per heavy atom. The first-order chi connectivity index (χ1) is 17.7. The van der Waals surface area contributed by atoms with Crippen LogP contribution in [-0.4, -0.2) is 95.6 Å². The molecule has 0 atom stereocenters. The summed E-state index contributed by atoms with van der Waals surface area (Å²) in [6, 6.07) is 11.2. The van der Waals surface area contributed by atoms with Crippen molar-refractivity contribution in [3.63, 3.8) is 0 Å². The summed E-state index contributed by atoms with van der Waals surface area (Å²) in [5.74, 6) is 0.962. The second kappa shape index (κ2) is 10.3. The quantitative estimate of drug-likeness (QED) is 0.417. The lowest BCUT2D eigenvalue weighted by Gasteiger charge is -2.43. The molecule has 9 nitrogen and oxygen atoms in total. The van der Waals surface area contributed by atoms with Gasteiger partial charge in [-0.05, 0) is 62.5 Å². The van der Waals surface area contributed by atoms with E-state index in [-0.39, 0.29) is 0 Å². The number of rotatable bonds is 6. The molecule has 1 aromatic carbocycles. The second-order valence-corrected chi connectivity index (χ2v) is 10.4. The Balaban J connectivity index is 1.08. The van der Waals surface area contributed by atoms with Crippen molar-refractivity contribution in [3.05, 3.63) is 36.7 Å². The van der Waals surface area contributed by atoms with Gasteiger partial charge in [0.15, 0.2) is 0 Å². The van der Waals surface area contributed by atoms with Crippen LogP contribution in [0.2, 0.25) is 0 Å². The van der Waals surface area contributed by atoms with E-state index in [1.54, 1.807) is 6.33 Å². The van der Waals surface area contributed by atoms with Crippen molar-refractivity contribution in [1.82, 2.24) is 25.2 Å². The highest BCUT2D eigenvalue weighted by Gasteiger charge is 2.34. The molecule has 4 N–H and O–H groups in total. The number of anilines is 2. The molecule has 3 fully saturated rings. The number of aromatic nitrogens is 3. The topological polar surface area (TPSA) is 102 Å². The molecule has 3 aliphatic heterocycles. The number of H-pyrrole nitrogens is 1. The zero-order chi connectivity index (χ0) is 24.4. The lowest BCUT2D eigenvalue weighted by Crippen LogP contribution is -2.53. The zero-order valence-corrected chi connectivity index (χ0v) is 20.9. The summed E-state index contributed by atoms with van der Waals surface area (Å²) in [4.78, 5) is 17.3. The minimum Gasteiger partial charge on any atom is -0.388 e. The lowest BCUT2D eigenvalue weighted by molar-refractivity contribution is -0.0240. The van der Waals surface area contributed by atoms with Crippen molar-refractivity contribution >= 4 is 22.5 Å². The summed E-state index contributed by atoms with van der Waals surface area (Å²) in [6.45, 7) is 7.91. The summed E-state index contributed by atoms with van der Waals surface area (Å²) >= 11 is 0. The van der Waals surface area contributed by atoms with Gasteiger partial charge in [-0.1, -0.05) is 12.1 Å². The normalized spacial score (nSPS) is 21.6. The molecule has 192 valence electrons. The van der Waals surface area contributed by atoms with E-state index < -0.39 is 5.60 Å². The number of fused-ring (bicyclic) bond motifs is 1. The monoisotopic (exact) mass is 491 g/mol. The molecule has 0 aliphatic carbocycles. The van der Waals surface area contributed by atoms with Gasteiger partial charge in [0.1, 0.15) is 17.8 Å². The average Bonchev–Trinajstić information content (AvgIpc) is 3.38. The largest absolute Gasteiger partial charge is 0.388 e. The van der Waals surface area contributed by atoms with Crippen LogP contribution in [0.5, 0.6) is 0 Å². The summed E-state index contributed by atoms with van der Waals surface area (Å²) in [7, 11) is 0. The third-order valence-electron chi connectivity index (χ3n) is 8.09. The number of piperidine rings is 2. The van der Waals surface area contributed by atoms with Crippen molar-refractivity contribution in [2.24, 2.45) is 0 Å². The lowest BCUT2D eigenvalue weighted by atomic mass is 9.89. The Hall–Kier alpha value is -2.72. The standard InChI is InChI=1S/C27H37N7O2/c35-27(7-11-33(12-8-27)22-5-9-28-10-6-22)18-29-21-3-1-20(2-4-21)24-17-23-25(32-24)30-19-31-26(23)34-13-15-36-16-14-34/h1-4,17,19,22,28-29,35H,5-16,18H2,(H,30,31,32). The van der Waals surface area contributed by atoms with Gasteiger partial charge in [-0.15, -0.1) is 0 Å². The number of nitrogens with one attached hydrogen (secondary N) is 3.